The highest BCUT2D eigenvalue weighted by molar-refractivity contribution is 5.80. The zero-order chi connectivity index (χ0) is 21.1. The third-order valence-electron chi connectivity index (χ3n) is 4.80. The fourth-order valence-electron chi connectivity index (χ4n) is 3.34. The number of para-hydroxylation sites is 1. The van der Waals surface area contributed by atoms with Crippen LogP contribution in [0.1, 0.15) is 30.5 Å². The van der Waals surface area contributed by atoms with Crippen molar-refractivity contribution in [3.63, 3.8) is 0 Å². The summed E-state index contributed by atoms with van der Waals surface area (Å²) in [4.78, 5) is 21.3. The number of ether oxygens (including phenoxy) is 1. The molecule has 0 bridgehead atoms. The second kappa shape index (κ2) is 8.32. The number of hydrogen-bond donors (Lipinski definition) is 0. The summed E-state index contributed by atoms with van der Waals surface area (Å²) in [6.45, 7) is 4.43. The van der Waals surface area contributed by atoms with Crippen LogP contribution in [0.4, 0.5) is 0 Å². The van der Waals surface area contributed by atoms with Crippen LogP contribution in [0, 0.1) is 6.92 Å². The Morgan fingerprint density at radius 3 is 2.77 bits per heavy atom. The highest BCUT2D eigenvalue weighted by atomic mass is 16.5. The topological polar surface area (TPSA) is 83.0 Å². The molecule has 2 heterocycles. The molecule has 30 heavy (non-hydrogen) atoms. The van der Waals surface area contributed by atoms with Crippen molar-refractivity contribution in [2.45, 2.75) is 26.8 Å². The van der Waals surface area contributed by atoms with Gasteiger partial charge in [-0.2, -0.15) is 4.98 Å². The normalized spacial score (nSPS) is 11.4. The fraction of sp³-hybridized carbons (Fsp3) is 0.217. The lowest BCUT2D eigenvalue weighted by Gasteiger charge is -2.10. The largest absolute Gasteiger partial charge is 0.496 e. The van der Waals surface area contributed by atoms with Crippen molar-refractivity contribution in [2.75, 3.05) is 7.11 Å². The monoisotopic (exact) mass is 402 g/mol. The van der Waals surface area contributed by atoms with E-state index >= 15 is 0 Å². The summed E-state index contributed by atoms with van der Waals surface area (Å²) in [5.41, 5.74) is 3.64. The SMILES string of the molecule is CCCn1c(=O)c(C)nc2cc(-c3noc(C=Cc4ccccc4OC)n3)ccc21. The van der Waals surface area contributed by atoms with Crippen LogP contribution in [0.2, 0.25) is 0 Å². The van der Waals surface area contributed by atoms with Gasteiger partial charge >= 0.3 is 0 Å². The number of aryl methyl sites for hydroxylation is 2. The van der Waals surface area contributed by atoms with Crippen LogP contribution in [0.5, 0.6) is 5.75 Å². The number of methoxy groups -OCH3 is 1. The Balaban J connectivity index is 1.67. The first-order valence-electron chi connectivity index (χ1n) is 9.77. The van der Waals surface area contributed by atoms with E-state index in [1.807, 2.05) is 55.5 Å². The highest BCUT2D eigenvalue weighted by Gasteiger charge is 2.12. The summed E-state index contributed by atoms with van der Waals surface area (Å²) in [5, 5.41) is 4.08. The summed E-state index contributed by atoms with van der Waals surface area (Å²) >= 11 is 0. The molecule has 0 aliphatic rings. The average molecular weight is 402 g/mol. The third kappa shape index (κ3) is 3.74. The van der Waals surface area contributed by atoms with Gasteiger partial charge in [0.1, 0.15) is 11.4 Å². The molecule has 0 aliphatic carbocycles. The predicted octanol–water partition coefficient (Wildman–Crippen LogP) is 4.34. The van der Waals surface area contributed by atoms with Crippen LogP contribution in [0.3, 0.4) is 0 Å². The standard InChI is InChI=1S/C23H22N4O3/c1-4-13-27-19-11-9-17(14-18(19)24-15(2)23(27)28)22-25-21(30-26-22)12-10-16-7-5-6-8-20(16)29-3/h5-12,14H,4,13H2,1-3H3. The van der Waals surface area contributed by atoms with Crippen molar-refractivity contribution in [2.24, 2.45) is 0 Å². The number of nitrogens with zero attached hydrogens (tertiary/aromatic N) is 4. The first kappa shape index (κ1) is 19.6. The van der Waals surface area contributed by atoms with Gasteiger partial charge < -0.3 is 13.8 Å². The third-order valence-corrected chi connectivity index (χ3v) is 4.80. The molecule has 7 heteroatoms. The van der Waals surface area contributed by atoms with Gasteiger partial charge in [-0.05, 0) is 43.7 Å². The average Bonchev–Trinajstić information content (AvgIpc) is 3.24. The van der Waals surface area contributed by atoms with Crippen LogP contribution >= 0.6 is 0 Å². The molecule has 0 saturated carbocycles. The van der Waals surface area contributed by atoms with Crippen molar-refractivity contribution < 1.29 is 9.26 Å². The molecule has 0 atom stereocenters. The van der Waals surface area contributed by atoms with Crippen LogP contribution in [-0.2, 0) is 6.54 Å². The molecule has 0 unspecified atom stereocenters. The number of benzene rings is 2. The second-order valence-corrected chi connectivity index (χ2v) is 6.89. The number of rotatable bonds is 6. The number of aromatic nitrogens is 4. The smallest absolute Gasteiger partial charge is 0.272 e. The van der Waals surface area contributed by atoms with Gasteiger partial charge in [0.05, 0.1) is 18.1 Å². The molecule has 7 nitrogen and oxygen atoms in total. The summed E-state index contributed by atoms with van der Waals surface area (Å²) in [7, 11) is 1.63. The van der Waals surface area contributed by atoms with Gasteiger partial charge in [-0.1, -0.05) is 30.3 Å². The predicted molar refractivity (Wildman–Crippen MR) is 116 cm³/mol. The van der Waals surface area contributed by atoms with Gasteiger partial charge in [0.25, 0.3) is 11.4 Å². The summed E-state index contributed by atoms with van der Waals surface area (Å²) in [5.74, 6) is 1.61. The molecular weight excluding hydrogens is 380 g/mol. The van der Waals surface area contributed by atoms with Crippen LogP contribution in [0.25, 0.3) is 34.6 Å². The minimum absolute atomic E-state index is 0.0552. The maximum Gasteiger partial charge on any atom is 0.272 e. The quantitative estimate of drug-likeness (QED) is 0.477. The van der Waals surface area contributed by atoms with E-state index in [4.69, 9.17) is 9.26 Å². The highest BCUT2D eigenvalue weighted by Crippen LogP contribution is 2.23. The molecule has 152 valence electrons. The van der Waals surface area contributed by atoms with E-state index in [1.165, 1.54) is 0 Å². The maximum absolute atomic E-state index is 12.4. The Kier molecular flexibility index (Phi) is 5.43. The molecule has 0 spiro atoms. The van der Waals surface area contributed by atoms with E-state index in [0.29, 0.717) is 24.0 Å². The Hall–Kier alpha value is -3.74. The Morgan fingerprint density at radius 2 is 1.97 bits per heavy atom. The van der Waals surface area contributed by atoms with Crippen LogP contribution in [0.15, 0.2) is 51.8 Å². The molecule has 4 rings (SSSR count). The molecule has 0 N–H and O–H groups in total. The van der Waals surface area contributed by atoms with E-state index in [2.05, 4.69) is 15.1 Å². The van der Waals surface area contributed by atoms with Crippen LogP contribution in [-0.4, -0.2) is 26.8 Å². The van der Waals surface area contributed by atoms with E-state index in [9.17, 15) is 4.79 Å². The van der Waals surface area contributed by atoms with E-state index < -0.39 is 0 Å². The Morgan fingerprint density at radius 1 is 1.13 bits per heavy atom. The van der Waals surface area contributed by atoms with Gasteiger partial charge in [-0.15, -0.1) is 0 Å². The zero-order valence-corrected chi connectivity index (χ0v) is 17.1. The summed E-state index contributed by atoms with van der Waals surface area (Å²) in [6, 6.07) is 13.3. The minimum atomic E-state index is -0.0552. The molecule has 0 radical (unpaired) electrons. The van der Waals surface area contributed by atoms with Crippen molar-refractivity contribution in [1.82, 2.24) is 19.7 Å². The lowest BCUT2D eigenvalue weighted by Crippen LogP contribution is -2.24. The van der Waals surface area contributed by atoms with E-state index in [1.54, 1.807) is 24.7 Å². The second-order valence-electron chi connectivity index (χ2n) is 6.89. The van der Waals surface area contributed by atoms with Gasteiger partial charge in [-0.3, -0.25) is 4.79 Å². The molecule has 2 aromatic carbocycles. The lowest BCUT2D eigenvalue weighted by molar-refractivity contribution is 0.411. The van der Waals surface area contributed by atoms with Crippen molar-refractivity contribution in [3.05, 3.63) is 70.0 Å². The van der Waals surface area contributed by atoms with Gasteiger partial charge in [0, 0.05) is 23.7 Å². The number of fused-ring (bicyclic) bond motifs is 1. The van der Waals surface area contributed by atoms with Crippen LogP contribution < -0.4 is 10.3 Å². The molecule has 0 aliphatic heterocycles. The van der Waals surface area contributed by atoms with Gasteiger partial charge in [0.15, 0.2) is 0 Å². The molecule has 0 amide bonds. The lowest BCUT2D eigenvalue weighted by atomic mass is 10.1. The van der Waals surface area contributed by atoms with Crippen molar-refractivity contribution in [1.29, 1.82) is 0 Å². The van der Waals surface area contributed by atoms with Gasteiger partial charge in [0.2, 0.25) is 5.82 Å². The molecule has 0 saturated heterocycles. The molecule has 2 aromatic heterocycles. The zero-order valence-electron chi connectivity index (χ0n) is 17.1. The first-order valence-corrected chi connectivity index (χ1v) is 9.77. The Bertz CT molecular complexity index is 1290. The van der Waals surface area contributed by atoms with E-state index in [-0.39, 0.29) is 5.56 Å². The van der Waals surface area contributed by atoms with Gasteiger partial charge in [-0.25, -0.2) is 4.98 Å². The fourth-order valence-corrected chi connectivity index (χ4v) is 3.34. The summed E-state index contributed by atoms with van der Waals surface area (Å²) in [6.07, 6.45) is 4.48. The Labute approximate surface area is 173 Å². The number of hydrogen-bond acceptors (Lipinski definition) is 6. The molecular formula is C23H22N4O3. The van der Waals surface area contributed by atoms with E-state index in [0.717, 1.165) is 34.3 Å². The first-order chi connectivity index (χ1) is 14.6. The molecule has 4 aromatic rings. The summed E-state index contributed by atoms with van der Waals surface area (Å²) < 4.78 is 12.5. The van der Waals surface area contributed by atoms with Crippen molar-refractivity contribution in [3.8, 4) is 17.1 Å². The minimum Gasteiger partial charge on any atom is -0.496 e. The maximum atomic E-state index is 12.4. The van der Waals surface area contributed by atoms with Crippen molar-refractivity contribution >= 4 is 23.2 Å². The molecule has 0 fully saturated rings.